The molecule has 7 nitrogen and oxygen atoms in total. The van der Waals surface area contributed by atoms with Crippen molar-refractivity contribution in [2.75, 3.05) is 17.3 Å². The zero-order valence-corrected chi connectivity index (χ0v) is 20.6. The number of nitrogens with one attached hydrogen (secondary N) is 1. The van der Waals surface area contributed by atoms with Gasteiger partial charge in [0.25, 0.3) is 5.56 Å². The highest BCUT2D eigenvalue weighted by Gasteiger charge is 2.29. The molecule has 3 heterocycles. The first-order valence-corrected chi connectivity index (χ1v) is 14.4. The van der Waals surface area contributed by atoms with Gasteiger partial charge in [-0.05, 0) is 43.1 Å². The summed E-state index contributed by atoms with van der Waals surface area (Å²) in [5.41, 5.74) is 1.17. The Morgan fingerprint density at radius 1 is 1.35 bits per heavy atom. The Morgan fingerprint density at radius 2 is 2.13 bits per heavy atom. The highest BCUT2D eigenvalue weighted by Crippen LogP contribution is 2.36. The Morgan fingerprint density at radius 3 is 2.81 bits per heavy atom. The molecule has 170 valence electrons. The Labute approximate surface area is 190 Å². The molecule has 0 aromatic carbocycles. The zero-order chi connectivity index (χ0) is 22.3. The molecule has 0 bridgehead atoms. The molecule has 0 spiro atoms. The van der Waals surface area contributed by atoms with Gasteiger partial charge in [-0.25, -0.2) is 13.4 Å². The van der Waals surface area contributed by atoms with Gasteiger partial charge >= 0.3 is 0 Å². The molecule has 4 rings (SSSR count). The van der Waals surface area contributed by atoms with Gasteiger partial charge in [0.15, 0.2) is 15.0 Å². The van der Waals surface area contributed by atoms with Crippen LogP contribution in [0, 0.1) is 11.8 Å². The predicted octanol–water partition coefficient (Wildman–Crippen LogP) is 2.63. The number of fused-ring (bicyclic) bond motifs is 3. The zero-order valence-electron chi connectivity index (χ0n) is 18.1. The lowest BCUT2D eigenvalue weighted by Gasteiger charge is -2.18. The molecule has 0 saturated carbocycles. The molecule has 2 aliphatic rings. The lowest BCUT2D eigenvalue weighted by atomic mass is 9.89. The number of amides is 1. The van der Waals surface area contributed by atoms with Crippen molar-refractivity contribution in [2.45, 2.75) is 64.2 Å². The van der Waals surface area contributed by atoms with Gasteiger partial charge in [0, 0.05) is 17.5 Å². The molecule has 1 saturated heterocycles. The Kier molecular flexibility index (Phi) is 6.52. The smallest absolute Gasteiger partial charge is 0.263 e. The monoisotopic (exact) mass is 483 g/mol. The minimum Gasteiger partial charge on any atom is -0.352 e. The first-order valence-electron chi connectivity index (χ1n) is 10.8. The molecule has 1 fully saturated rings. The van der Waals surface area contributed by atoms with Crippen LogP contribution in [0.5, 0.6) is 0 Å². The molecular formula is C21H29N3O4S3. The van der Waals surface area contributed by atoms with Gasteiger partial charge in [-0.3, -0.25) is 14.2 Å². The summed E-state index contributed by atoms with van der Waals surface area (Å²) >= 11 is 2.87. The standard InChI is InChI=1S/C21H29N3O4S3/c1-12(2)9-24-20(26)18-15-5-4-13(3)8-16(15)30-19(18)23-21(24)29-10-17(25)22-14-6-7-31(27,28)11-14/h12-14H,4-11H2,1-3H3,(H,22,25). The quantitative estimate of drug-likeness (QED) is 0.501. The summed E-state index contributed by atoms with van der Waals surface area (Å²) < 4.78 is 24.9. The second-order valence-electron chi connectivity index (χ2n) is 9.19. The summed E-state index contributed by atoms with van der Waals surface area (Å²) in [7, 11) is -3.04. The van der Waals surface area contributed by atoms with E-state index in [2.05, 4.69) is 26.1 Å². The summed E-state index contributed by atoms with van der Waals surface area (Å²) in [6.45, 7) is 6.91. The van der Waals surface area contributed by atoms with Crippen LogP contribution in [0.4, 0.5) is 0 Å². The van der Waals surface area contributed by atoms with Crippen LogP contribution in [0.15, 0.2) is 9.95 Å². The number of aryl methyl sites for hydroxylation is 1. The van der Waals surface area contributed by atoms with Gasteiger partial charge in [0.05, 0.1) is 22.6 Å². The van der Waals surface area contributed by atoms with E-state index in [9.17, 15) is 18.0 Å². The minimum atomic E-state index is -3.04. The average molecular weight is 484 g/mol. The fourth-order valence-corrected chi connectivity index (χ4v) is 8.27. The van der Waals surface area contributed by atoms with E-state index in [0.29, 0.717) is 24.0 Å². The third-order valence-electron chi connectivity index (χ3n) is 5.86. The second kappa shape index (κ2) is 8.86. The Bertz CT molecular complexity index is 1170. The van der Waals surface area contributed by atoms with Crippen LogP contribution in [0.1, 0.15) is 44.1 Å². The third-order valence-corrected chi connectivity index (χ3v) is 9.75. The lowest BCUT2D eigenvalue weighted by molar-refractivity contribution is -0.119. The normalized spacial score (nSPS) is 22.7. The molecule has 0 radical (unpaired) electrons. The molecule has 1 N–H and O–H groups in total. The van der Waals surface area contributed by atoms with E-state index in [1.54, 1.807) is 15.9 Å². The summed E-state index contributed by atoms with van der Waals surface area (Å²) in [6, 6.07) is -0.322. The van der Waals surface area contributed by atoms with Crippen molar-refractivity contribution >= 4 is 49.1 Å². The fraction of sp³-hybridized carbons (Fsp3) is 0.667. The highest BCUT2D eigenvalue weighted by molar-refractivity contribution is 7.99. The van der Waals surface area contributed by atoms with Crippen molar-refractivity contribution < 1.29 is 13.2 Å². The van der Waals surface area contributed by atoms with Crippen LogP contribution in [0.25, 0.3) is 10.2 Å². The molecular weight excluding hydrogens is 454 g/mol. The third kappa shape index (κ3) is 5.01. The maximum Gasteiger partial charge on any atom is 0.263 e. The summed E-state index contributed by atoms with van der Waals surface area (Å²) in [6.07, 6.45) is 3.47. The van der Waals surface area contributed by atoms with Gasteiger partial charge in [-0.1, -0.05) is 32.5 Å². The van der Waals surface area contributed by atoms with Gasteiger partial charge in [-0.2, -0.15) is 0 Å². The number of thiophene rings is 1. The molecule has 1 amide bonds. The molecule has 2 unspecified atom stereocenters. The SMILES string of the molecule is CC(C)Cn1c(SCC(=O)NC2CCS(=O)(=O)C2)nc2sc3c(c2c1=O)CCC(C)C3. The second-order valence-corrected chi connectivity index (χ2v) is 13.4. The van der Waals surface area contributed by atoms with Crippen LogP contribution in [0.2, 0.25) is 0 Å². The largest absolute Gasteiger partial charge is 0.352 e. The van der Waals surface area contributed by atoms with E-state index < -0.39 is 9.84 Å². The van der Waals surface area contributed by atoms with Crippen LogP contribution in [-0.2, 0) is 34.0 Å². The summed E-state index contributed by atoms with van der Waals surface area (Å²) in [5, 5.41) is 4.13. The van der Waals surface area contributed by atoms with Crippen molar-refractivity contribution in [3.63, 3.8) is 0 Å². The van der Waals surface area contributed by atoms with Crippen LogP contribution >= 0.6 is 23.1 Å². The number of sulfone groups is 1. The van der Waals surface area contributed by atoms with Crippen molar-refractivity contribution in [2.24, 2.45) is 11.8 Å². The van der Waals surface area contributed by atoms with E-state index in [1.165, 1.54) is 22.2 Å². The maximum atomic E-state index is 13.4. The number of carbonyl (C=O) groups excluding carboxylic acids is 1. The number of rotatable bonds is 6. The minimum absolute atomic E-state index is 0.00412. The molecule has 2 atom stereocenters. The van der Waals surface area contributed by atoms with E-state index in [0.717, 1.165) is 29.5 Å². The fourth-order valence-electron chi connectivity index (χ4n) is 4.35. The lowest BCUT2D eigenvalue weighted by Crippen LogP contribution is -2.37. The molecule has 1 aliphatic heterocycles. The van der Waals surface area contributed by atoms with Crippen LogP contribution in [-0.4, -0.2) is 47.2 Å². The van der Waals surface area contributed by atoms with Crippen molar-refractivity contribution in [1.29, 1.82) is 0 Å². The van der Waals surface area contributed by atoms with Crippen molar-refractivity contribution in [3.8, 4) is 0 Å². The topological polar surface area (TPSA) is 98.1 Å². The number of carbonyl (C=O) groups is 1. The Hall–Kier alpha value is -1.39. The van der Waals surface area contributed by atoms with Gasteiger partial charge in [-0.15, -0.1) is 11.3 Å². The van der Waals surface area contributed by atoms with Crippen LogP contribution < -0.4 is 10.9 Å². The molecule has 31 heavy (non-hydrogen) atoms. The highest BCUT2D eigenvalue weighted by atomic mass is 32.2. The van der Waals surface area contributed by atoms with Crippen LogP contribution in [0.3, 0.4) is 0 Å². The maximum absolute atomic E-state index is 13.4. The van der Waals surface area contributed by atoms with Crippen molar-refractivity contribution in [1.82, 2.24) is 14.9 Å². The first kappa shape index (κ1) is 22.8. The Balaban J connectivity index is 1.59. The molecule has 10 heteroatoms. The predicted molar refractivity (Wildman–Crippen MR) is 126 cm³/mol. The van der Waals surface area contributed by atoms with E-state index in [1.807, 2.05) is 0 Å². The average Bonchev–Trinajstić information content (AvgIpc) is 3.20. The number of aromatic nitrogens is 2. The summed E-state index contributed by atoms with van der Waals surface area (Å²) in [4.78, 5) is 32.7. The van der Waals surface area contributed by atoms with E-state index >= 15 is 0 Å². The van der Waals surface area contributed by atoms with Gasteiger partial charge in [0.1, 0.15) is 4.83 Å². The van der Waals surface area contributed by atoms with Gasteiger partial charge < -0.3 is 5.32 Å². The molecule has 2 aromatic rings. The van der Waals surface area contributed by atoms with Gasteiger partial charge in [0.2, 0.25) is 5.91 Å². The summed E-state index contributed by atoms with van der Waals surface area (Å²) in [5.74, 6) is 0.897. The number of nitrogens with zero attached hydrogens (tertiary/aromatic N) is 2. The van der Waals surface area contributed by atoms with Crippen molar-refractivity contribution in [3.05, 3.63) is 20.8 Å². The first-order chi connectivity index (χ1) is 14.6. The number of hydrogen-bond acceptors (Lipinski definition) is 7. The molecule has 2 aromatic heterocycles. The number of thioether (sulfide) groups is 1. The molecule has 1 aliphatic carbocycles. The van der Waals surface area contributed by atoms with E-state index in [-0.39, 0.29) is 40.7 Å². The number of hydrogen-bond donors (Lipinski definition) is 1. The van der Waals surface area contributed by atoms with E-state index in [4.69, 9.17) is 4.98 Å².